The minimum atomic E-state index is -0.860. The van der Waals surface area contributed by atoms with Crippen molar-refractivity contribution in [1.82, 2.24) is 5.32 Å². The zero-order chi connectivity index (χ0) is 12.4. The molecule has 0 spiro atoms. The van der Waals surface area contributed by atoms with Crippen molar-refractivity contribution in [2.45, 2.75) is 51.0 Å². The molecule has 0 amide bonds. The Morgan fingerprint density at radius 3 is 2.35 bits per heavy atom. The number of hydrogen-bond donors (Lipinski definition) is 2. The number of carbonyl (C=O) groups is 1. The number of rotatable bonds is 3. The highest BCUT2D eigenvalue weighted by Gasteiger charge is 2.57. The Morgan fingerprint density at radius 2 is 1.82 bits per heavy atom. The van der Waals surface area contributed by atoms with Gasteiger partial charge in [-0.1, -0.05) is 12.8 Å². The summed E-state index contributed by atoms with van der Waals surface area (Å²) < 4.78 is 5.23. The van der Waals surface area contributed by atoms with Gasteiger partial charge in [-0.05, 0) is 45.7 Å². The second kappa shape index (κ2) is 4.94. The van der Waals surface area contributed by atoms with Gasteiger partial charge < -0.3 is 15.2 Å². The van der Waals surface area contributed by atoms with Crippen LogP contribution in [0.15, 0.2) is 0 Å². The van der Waals surface area contributed by atoms with E-state index < -0.39 is 11.0 Å². The van der Waals surface area contributed by atoms with Gasteiger partial charge in [0.15, 0.2) is 0 Å². The maximum atomic E-state index is 12.3. The molecular formula is C13H23NO3. The Morgan fingerprint density at radius 1 is 1.24 bits per heavy atom. The lowest BCUT2D eigenvalue weighted by molar-refractivity contribution is -0.179. The summed E-state index contributed by atoms with van der Waals surface area (Å²) in [4.78, 5) is 12.3. The van der Waals surface area contributed by atoms with Crippen molar-refractivity contribution >= 4 is 5.97 Å². The van der Waals surface area contributed by atoms with Gasteiger partial charge in [0.25, 0.3) is 0 Å². The van der Waals surface area contributed by atoms with E-state index in [1.807, 2.05) is 6.92 Å². The topological polar surface area (TPSA) is 58.6 Å². The smallest absolute Gasteiger partial charge is 0.314 e. The van der Waals surface area contributed by atoms with E-state index in [9.17, 15) is 9.90 Å². The van der Waals surface area contributed by atoms with Gasteiger partial charge in [0.1, 0.15) is 0 Å². The first-order valence-electron chi connectivity index (χ1n) is 6.75. The summed E-state index contributed by atoms with van der Waals surface area (Å²) in [5, 5.41) is 14.1. The maximum absolute atomic E-state index is 12.3. The highest BCUT2D eigenvalue weighted by atomic mass is 16.5. The minimum absolute atomic E-state index is 0.179. The molecule has 0 atom stereocenters. The van der Waals surface area contributed by atoms with Gasteiger partial charge in [0.2, 0.25) is 0 Å². The number of nitrogens with one attached hydrogen (secondary N) is 1. The van der Waals surface area contributed by atoms with Crippen molar-refractivity contribution in [1.29, 1.82) is 0 Å². The Balaban J connectivity index is 2.23. The third-order valence-electron chi connectivity index (χ3n) is 4.44. The van der Waals surface area contributed by atoms with Crippen LogP contribution in [0.4, 0.5) is 0 Å². The van der Waals surface area contributed by atoms with Crippen molar-refractivity contribution in [2.24, 2.45) is 5.41 Å². The number of piperidine rings is 1. The fourth-order valence-corrected chi connectivity index (χ4v) is 3.43. The minimum Gasteiger partial charge on any atom is -0.465 e. The first kappa shape index (κ1) is 12.8. The summed E-state index contributed by atoms with van der Waals surface area (Å²) in [6.45, 7) is 3.80. The van der Waals surface area contributed by atoms with Crippen LogP contribution in [0.5, 0.6) is 0 Å². The standard InChI is InChI=1S/C13H23NO3/c1-2-17-11(15)12(5-3-4-6-12)13(16)7-9-14-10-8-13/h14,16H,2-10H2,1H3. The zero-order valence-corrected chi connectivity index (χ0v) is 10.6. The Labute approximate surface area is 103 Å². The van der Waals surface area contributed by atoms with E-state index in [-0.39, 0.29) is 5.97 Å². The molecule has 0 radical (unpaired) electrons. The monoisotopic (exact) mass is 241 g/mol. The Bertz CT molecular complexity index is 278. The Hall–Kier alpha value is -0.610. The molecule has 1 aliphatic carbocycles. The summed E-state index contributed by atoms with van der Waals surface area (Å²) in [7, 11) is 0. The van der Waals surface area contributed by atoms with Crippen LogP contribution in [0, 0.1) is 5.41 Å². The number of ether oxygens (including phenoxy) is 1. The third kappa shape index (κ3) is 2.08. The zero-order valence-electron chi connectivity index (χ0n) is 10.6. The highest BCUT2D eigenvalue weighted by molar-refractivity contribution is 5.79. The van der Waals surface area contributed by atoms with Crippen LogP contribution in [0.25, 0.3) is 0 Å². The van der Waals surface area contributed by atoms with E-state index in [1.54, 1.807) is 0 Å². The molecule has 4 heteroatoms. The van der Waals surface area contributed by atoms with Crippen LogP contribution in [0.2, 0.25) is 0 Å². The number of aliphatic hydroxyl groups is 1. The molecule has 1 saturated carbocycles. The SMILES string of the molecule is CCOC(=O)C1(C2(O)CCNCC2)CCCC1. The van der Waals surface area contributed by atoms with E-state index >= 15 is 0 Å². The first-order valence-corrected chi connectivity index (χ1v) is 6.75. The molecule has 0 aromatic carbocycles. The molecule has 2 N–H and O–H groups in total. The van der Waals surface area contributed by atoms with Gasteiger partial charge in [-0.2, -0.15) is 0 Å². The summed E-state index contributed by atoms with van der Waals surface area (Å²) in [5.74, 6) is -0.179. The largest absolute Gasteiger partial charge is 0.465 e. The second-order valence-corrected chi connectivity index (χ2v) is 5.29. The lowest BCUT2D eigenvalue weighted by atomic mass is 9.66. The number of esters is 1. The van der Waals surface area contributed by atoms with Crippen molar-refractivity contribution in [3.05, 3.63) is 0 Å². The fraction of sp³-hybridized carbons (Fsp3) is 0.923. The van der Waals surface area contributed by atoms with Gasteiger partial charge in [0, 0.05) is 0 Å². The lowest BCUT2D eigenvalue weighted by Crippen LogP contribution is -2.57. The van der Waals surface area contributed by atoms with Gasteiger partial charge in [-0.3, -0.25) is 4.79 Å². The molecule has 2 aliphatic rings. The van der Waals surface area contributed by atoms with E-state index in [4.69, 9.17) is 4.74 Å². The van der Waals surface area contributed by atoms with Crippen LogP contribution >= 0.6 is 0 Å². The van der Waals surface area contributed by atoms with Crippen LogP contribution in [-0.4, -0.2) is 36.4 Å². The van der Waals surface area contributed by atoms with Crippen molar-refractivity contribution in [3.63, 3.8) is 0 Å². The molecule has 98 valence electrons. The molecule has 2 fully saturated rings. The summed E-state index contributed by atoms with van der Waals surface area (Å²) in [6, 6.07) is 0. The van der Waals surface area contributed by atoms with Crippen molar-refractivity contribution in [3.8, 4) is 0 Å². The molecule has 1 aliphatic heterocycles. The molecule has 2 rings (SSSR count). The summed E-state index contributed by atoms with van der Waals surface area (Å²) in [6.07, 6.45) is 4.92. The highest BCUT2D eigenvalue weighted by Crippen LogP contribution is 2.51. The second-order valence-electron chi connectivity index (χ2n) is 5.29. The normalized spacial score (nSPS) is 26.7. The van der Waals surface area contributed by atoms with E-state index in [2.05, 4.69) is 5.32 Å². The average molecular weight is 241 g/mol. The average Bonchev–Trinajstić information content (AvgIpc) is 2.81. The predicted octanol–water partition coefficient (Wildman–Crippen LogP) is 1.22. The lowest BCUT2D eigenvalue weighted by Gasteiger charge is -2.45. The van der Waals surface area contributed by atoms with E-state index in [0.717, 1.165) is 38.8 Å². The van der Waals surface area contributed by atoms with Gasteiger partial charge in [-0.25, -0.2) is 0 Å². The van der Waals surface area contributed by atoms with Crippen molar-refractivity contribution < 1.29 is 14.6 Å². The molecule has 0 unspecified atom stereocenters. The first-order chi connectivity index (χ1) is 8.15. The van der Waals surface area contributed by atoms with Crippen molar-refractivity contribution in [2.75, 3.05) is 19.7 Å². The van der Waals surface area contributed by atoms with Crippen LogP contribution < -0.4 is 5.32 Å². The summed E-state index contributed by atoms with van der Waals surface area (Å²) in [5.41, 5.74) is -1.49. The Kier molecular flexibility index (Phi) is 3.73. The predicted molar refractivity (Wildman–Crippen MR) is 64.6 cm³/mol. The molecule has 4 nitrogen and oxygen atoms in total. The molecule has 1 heterocycles. The number of carbonyl (C=O) groups excluding carboxylic acids is 1. The van der Waals surface area contributed by atoms with Gasteiger partial charge in [-0.15, -0.1) is 0 Å². The quantitative estimate of drug-likeness (QED) is 0.730. The summed E-state index contributed by atoms with van der Waals surface area (Å²) >= 11 is 0. The van der Waals surface area contributed by atoms with Crippen LogP contribution in [0.3, 0.4) is 0 Å². The molecular weight excluding hydrogens is 218 g/mol. The van der Waals surface area contributed by atoms with Gasteiger partial charge in [0.05, 0.1) is 17.6 Å². The molecule has 0 aromatic heterocycles. The number of hydrogen-bond acceptors (Lipinski definition) is 4. The van der Waals surface area contributed by atoms with Gasteiger partial charge >= 0.3 is 5.97 Å². The van der Waals surface area contributed by atoms with E-state index in [1.165, 1.54) is 0 Å². The third-order valence-corrected chi connectivity index (χ3v) is 4.44. The molecule has 17 heavy (non-hydrogen) atoms. The molecule has 0 bridgehead atoms. The maximum Gasteiger partial charge on any atom is 0.314 e. The van der Waals surface area contributed by atoms with Crippen LogP contribution in [0.1, 0.15) is 45.4 Å². The molecule has 0 aromatic rings. The van der Waals surface area contributed by atoms with Crippen LogP contribution in [-0.2, 0) is 9.53 Å². The molecule has 1 saturated heterocycles. The van der Waals surface area contributed by atoms with E-state index in [0.29, 0.717) is 19.4 Å². The fourth-order valence-electron chi connectivity index (χ4n) is 3.43.